The van der Waals surface area contributed by atoms with Crippen molar-refractivity contribution >= 4 is 11.1 Å². The topological polar surface area (TPSA) is 76.0 Å². The van der Waals surface area contributed by atoms with E-state index >= 15 is 0 Å². The standard InChI is InChI=1S/C11H11FN2O3/c1-2-3-6-4-8(15)17-11-9(6)10(16)13-7(5-12)14-11/h4H,2-3,5H2,1H3,(H,13,14,16). The largest absolute Gasteiger partial charge is 0.403 e. The van der Waals surface area contributed by atoms with Crippen LogP contribution in [0.4, 0.5) is 4.39 Å². The summed E-state index contributed by atoms with van der Waals surface area (Å²) in [4.78, 5) is 29.1. The van der Waals surface area contributed by atoms with Crippen molar-refractivity contribution in [1.29, 1.82) is 0 Å². The highest BCUT2D eigenvalue weighted by atomic mass is 19.1. The summed E-state index contributed by atoms with van der Waals surface area (Å²) < 4.78 is 17.2. The first-order valence-electron chi connectivity index (χ1n) is 5.27. The Kier molecular flexibility index (Phi) is 3.03. The number of H-pyrrole nitrogens is 1. The van der Waals surface area contributed by atoms with E-state index in [1.807, 2.05) is 6.92 Å². The van der Waals surface area contributed by atoms with Crippen LogP contribution in [0.3, 0.4) is 0 Å². The first kappa shape index (κ1) is 11.5. The molecule has 2 rings (SSSR count). The van der Waals surface area contributed by atoms with Gasteiger partial charge in [0.2, 0.25) is 5.71 Å². The maximum atomic E-state index is 12.4. The SMILES string of the molecule is CCCc1cc(=O)oc2nc(CF)[nH]c(=O)c12. The van der Waals surface area contributed by atoms with E-state index in [-0.39, 0.29) is 16.9 Å². The lowest BCUT2D eigenvalue weighted by Gasteiger charge is -2.03. The Labute approximate surface area is 95.3 Å². The molecule has 0 aliphatic heterocycles. The summed E-state index contributed by atoms with van der Waals surface area (Å²) >= 11 is 0. The average Bonchev–Trinajstić information content (AvgIpc) is 2.27. The van der Waals surface area contributed by atoms with Crippen LogP contribution in [-0.2, 0) is 13.1 Å². The third-order valence-corrected chi connectivity index (χ3v) is 2.39. The molecular weight excluding hydrogens is 227 g/mol. The van der Waals surface area contributed by atoms with Crippen molar-refractivity contribution in [3.63, 3.8) is 0 Å². The highest BCUT2D eigenvalue weighted by Crippen LogP contribution is 2.12. The van der Waals surface area contributed by atoms with Gasteiger partial charge in [-0.2, -0.15) is 4.98 Å². The molecule has 0 unspecified atom stereocenters. The van der Waals surface area contributed by atoms with E-state index in [2.05, 4.69) is 9.97 Å². The normalized spacial score (nSPS) is 10.9. The number of hydrogen-bond acceptors (Lipinski definition) is 4. The predicted molar refractivity (Wildman–Crippen MR) is 59.7 cm³/mol. The highest BCUT2D eigenvalue weighted by Gasteiger charge is 2.11. The van der Waals surface area contributed by atoms with Gasteiger partial charge in [0.05, 0.1) is 0 Å². The van der Waals surface area contributed by atoms with Crippen LogP contribution in [0.5, 0.6) is 0 Å². The van der Waals surface area contributed by atoms with Gasteiger partial charge in [-0.05, 0) is 12.0 Å². The quantitative estimate of drug-likeness (QED) is 0.874. The van der Waals surface area contributed by atoms with Crippen LogP contribution in [0.25, 0.3) is 11.1 Å². The van der Waals surface area contributed by atoms with Crippen molar-refractivity contribution in [3.05, 3.63) is 38.2 Å². The molecule has 2 aromatic rings. The minimum absolute atomic E-state index is 0.0997. The Morgan fingerprint density at radius 2 is 2.24 bits per heavy atom. The number of aromatic nitrogens is 2. The molecule has 17 heavy (non-hydrogen) atoms. The number of rotatable bonds is 3. The van der Waals surface area contributed by atoms with E-state index in [1.165, 1.54) is 6.07 Å². The average molecular weight is 238 g/mol. The number of aromatic amines is 1. The van der Waals surface area contributed by atoms with E-state index in [0.29, 0.717) is 12.0 Å². The van der Waals surface area contributed by atoms with Gasteiger partial charge >= 0.3 is 5.63 Å². The molecule has 0 radical (unpaired) electrons. The van der Waals surface area contributed by atoms with Crippen LogP contribution in [0.1, 0.15) is 24.7 Å². The van der Waals surface area contributed by atoms with Crippen molar-refractivity contribution < 1.29 is 8.81 Å². The monoisotopic (exact) mass is 238 g/mol. The van der Waals surface area contributed by atoms with Crippen molar-refractivity contribution in [1.82, 2.24) is 9.97 Å². The molecule has 0 aliphatic rings. The number of alkyl halides is 1. The first-order valence-corrected chi connectivity index (χ1v) is 5.27. The van der Waals surface area contributed by atoms with Crippen LogP contribution < -0.4 is 11.2 Å². The Bertz CT molecular complexity index is 660. The minimum atomic E-state index is -0.910. The molecule has 2 heterocycles. The minimum Gasteiger partial charge on any atom is -0.403 e. The van der Waals surface area contributed by atoms with Crippen LogP contribution in [0.2, 0.25) is 0 Å². The second-order valence-electron chi connectivity index (χ2n) is 3.67. The van der Waals surface area contributed by atoms with E-state index in [1.54, 1.807) is 0 Å². The Balaban J connectivity index is 2.84. The zero-order valence-corrected chi connectivity index (χ0v) is 9.25. The zero-order valence-electron chi connectivity index (χ0n) is 9.25. The summed E-state index contributed by atoms with van der Waals surface area (Å²) in [6, 6.07) is 1.28. The smallest absolute Gasteiger partial charge is 0.337 e. The van der Waals surface area contributed by atoms with Gasteiger partial charge in [0.15, 0.2) is 0 Å². The van der Waals surface area contributed by atoms with Gasteiger partial charge in [0.1, 0.15) is 17.9 Å². The first-order chi connectivity index (χ1) is 8.15. The second-order valence-corrected chi connectivity index (χ2v) is 3.67. The summed E-state index contributed by atoms with van der Waals surface area (Å²) in [7, 11) is 0. The molecule has 0 spiro atoms. The fourth-order valence-corrected chi connectivity index (χ4v) is 1.72. The summed E-state index contributed by atoms with van der Waals surface area (Å²) in [5.41, 5.74) is -0.575. The van der Waals surface area contributed by atoms with Gasteiger partial charge in [0, 0.05) is 6.07 Å². The lowest BCUT2D eigenvalue weighted by Crippen LogP contribution is -2.15. The summed E-state index contributed by atoms with van der Waals surface area (Å²) in [6.07, 6.45) is 1.35. The van der Waals surface area contributed by atoms with Crippen LogP contribution in [0, 0.1) is 0 Å². The van der Waals surface area contributed by atoms with Crippen LogP contribution in [-0.4, -0.2) is 9.97 Å². The molecule has 0 amide bonds. The van der Waals surface area contributed by atoms with E-state index in [9.17, 15) is 14.0 Å². The molecule has 0 bridgehead atoms. The summed E-state index contributed by atoms with van der Waals surface area (Å²) in [5.74, 6) is -0.140. The Morgan fingerprint density at radius 3 is 2.88 bits per heavy atom. The lowest BCUT2D eigenvalue weighted by atomic mass is 10.1. The third-order valence-electron chi connectivity index (χ3n) is 2.39. The Hall–Kier alpha value is -1.98. The summed E-state index contributed by atoms with van der Waals surface area (Å²) in [5, 5.41) is 0.226. The zero-order chi connectivity index (χ0) is 12.4. The number of halogens is 1. The highest BCUT2D eigenvalue weighted by molar-refractivity contribution is 5.75. The van der Waals surface area contributed by atoms with Gasteiger partial charge in [-0.25, -0.2) is 9.18 Å². The van der Waals surface area contributed by atoms with Gasteiger partial charge < -0.3 is 9.40 Å². The fraction of sp³-hybridized carbons (Fsp3) is 0.364. The lowest BCUT2D eigenvalue weighted by molar-refractivity contribution is 0.460. The molecule has 0 saturated heterocycles. The molecule has 0 atom stereocenters. The number of fused-ring (bicyclic) bond motifs is 1. The van der Waals surface area contributed by atoms with Crippen molar-refractivity contribution in [2.24, 2.45) is 0 Å². The van der Waals surface area contributed by atoms with E-state index in [4.69, 9.17) is 4.42 Å². The van der Waals surface area contributed by atoms with Crippen molar-refractivity contribution in [2.45, 2.75) is 26.4 Å². The van der Waals surface area contributed by atoms with Crippen LogP contribution >= 0.6 is 0 Å². The van der Waals surface area contributed by atoms with Crippen molar-refractivity contribution in [3.8, 4) is 0 Å². The van der Waals surface area contributed by atoms with E-state index < -0.39 is 17.9 Å². The molecule has 90 valence electrons. The number of hydrogen-bond donors (Lipinski definition) is 1. The molecule has 1 N–H and O–H groups in total. The molecule has 5 nitrogen and oxygen atoms in total. The molecule has 0 aliphatic carbocycles. The number of nitrogens with one attached hydrogen (secondary N) is 1. The fourth-order valence-electron chi connectivity index (χ4n) is 1.72. The Morgan fingerprint density at radius 1 is 1.47 bits per heavy atom. The second kappa shape index (κ2) is 4.48. The number of aryl methyl sites for hydroxylation is 1. The molecule has 0 aromatic carbocycles. The molecular formula is C11H11FN2O3. The predicted octanol–water partition coefficient (Wildman–Crippen LogP) is 1.30. The molecule has 0 fully saturated rings. The maximum Gasteiger partial charge on any atom is 0.337 e. The number of nitrogens with zero attached hydrogens (tertiary/aromatic N) is 1. The van der Waals surface area contributed by atoms with Crippen LogP contribution in [0.15, 0.2) is 20.1 Å². The summed E-state index contributed by atoms with van der Waals surface area (Å²) in [6.45, 7) is 1.02. The molecule has 6 heteroatoms. The van der Waals surface area contributed by atoms with Gasteiger partial charge in [-0.15, -0.1) is 0 Å². The van der Waals surface area contributed by atoms with Gasteiger partial charge in [-0.1, -0.05) is 13.3 Å². The molecule has 2 aromatic heterocycles. The van der Waals surface area contributed by atoms with Crippen molar-refractivity contribution in [2.75, 3.05) is 0 Å². The van der Waals surface area contributed by atoms with Gasteiger partial charge in [0.25, 0.3) is 5.56 Å². The third kappa shape index (κ3) is 2.11. The van der Waals surface area contributed by atoms with Gasteiger partial charge in [-0.3, -0.25) is 4.79 Å². The van der Waals surface area contributed by atoms with E-state index in [0.717, 1.165) is 6.42 Å². The molecule has 0 saturated carbocycles. The maximum absolute atomic E-state index is 12.4.